The molecule has 1 rings (SSSR count). The van der Waals surface area contributed by atoms with E-state index in [1.165, 1.54) is 0 Å². The summed E-state index contributed by atoms with van der Waals surface area (Å²) in [6, 6.07) is -0.402. The Balaban J connectivity index is 2.84. The highest BCUT2D eigenvalue weighted by atomic mass is 16.3. The van der Waals surface area contributed by atoms with Gasteiger partial charge in [0.05, 0.1) is 31.2 Å². The van der Waals surface area contributed by atoms with Gasteiger partial charge in [0.15, 0.2) is 0 Å². The largest absolute Gasteiger partial charge is 0.394 e. The van der Waals surface area contributed by atoms with Crippen molar-refractivity contribution >= 4 is 0 Å². The van der Waals surface area contributed by atoms with Crippen LogP contribution in [-0.2, 0) is 6.54 Å². The van der Waals surface area contributed by atoms with Gasteiger partial charge in [0.2, 0.25) is 0 Å². The molecule has 0 saturated heterocycles. The van der Waals surface area contributed by atoms with Gasteiger partial charge in [-0.25, -0.2) is 4.98 Å². The number of imidazole rings is 1. The van der Waals surface area contributed by atoms with Crippen LogP contribution in [0.5, 0.6) is 0 Å². The fraction of sp³-hybridized carbons (Fsp3) is 0.375. The van der Waals surface area contributed by atoms with Crippen molar-refractivity contribution in [2.75, 3.05) is 6.61 Å². The average molecular weight is 165 g/mol. The molecule has 0 bridgehead atoms. The minimum Gasteiger partial charge on any atom is -0.394 e. The first kappa shape index (κ1) is 8.78. The predicted octanol–water partition coefficient (Wildman–Crippen LogP) is -0.492. The monoisotopic (exact) mass is 165 g/mol. The van der Waals surface area contributed by atoms with Crippen molar-refractivity contribution in [1.29, 1.82) is 0 Å². The van der Waals surface area contributed by atoms with E-state index in [4.69, 9.17) is 17.3 Å². The van der Waals surface area contributed by atoms with Crippen LogP contribution in [0.4, 0.5) is 0 Å². The number of terminal acetylenes is 1. The topological polar surface area (TPSA) is 64.1 Å². The summed E-state index contributed by atoms with van der Waals surface area (Å²) < 4.78 is 1.74. The second kappa shape index (κ2) is 3.90. The molecule has 4 nitrogen and oxygen atoms in total. The zero-order valence-electron chi connectivity index (χ0n) is 6.64. The molecule has 1 aromatic heterocycles. The van der Waals surface area contributed by atoms with Gasteiger partial charge < -0.3 is 15.4 Å². The van der Waals surface area contributed by atoms with Crippen LogP contribution >= 0.6 is 0 Å². The summed E-state index contributed by atoms with van der Waals surface area (Å²) in [4.78, 5) is 3.89. The van der Waals surface area contributed by atoms with Gasteiger partial charge in [-0.05, 0) is 0 Å². The Kier molecular flexibility index (Phi) is 2.86. The van der Waals surface area contributed by atoms with Gasteiger partial charge in [0, 0.05) is 6.20 Å². The van der Waals surface area contributed by atoms with Crippen molar-refractivity contribution in [1.82, 2.24) is 9.55 Å². The average Bonchev–Trinajstić information content (AvgIpc) is 2.52. The Morgan fingerprint density at radius 1 is 1.83 bits per heavy atom. The van der Waals surface area contributed by atoms with E-state index in [-0.39, 0.29) is 6.61 Å². The number of hydrogen-bond donors (Lipinski definition) is 2. The molecule has 0 aliphatic rings. The molecule has 0 saturated carbocycles. The molecule has 0 spiro atoms. The molecule has 0 amide bonds. The first-order chi connectivity index (χ1) is 5.79. The van der Waals surface area contributed by atoms with Crippen molar-refractivity contribution in [2.45, 2.75) is 12.6 Å². The van der Waals surface area contributed by atoms with Crippen molar-refractivity contribution in [3.8, 4) is 12.3 Å². The highest BCUT2D eigenvalue weighted by Crippen LogP contribution is 2.07. The lowest BCUT2D eigenvalue weighted by Crippen LogP contribution is -2.18. The molecule has 3 N–H and O–H groups in total. The summed E-state index contributed by atoms with van der Waals surface area (Å²) >= 11 is 0. The Bertz CT molecular complexity index is 287. The summed E-state index contributed by atoms with van der Waals surface area (Å²) in [7, 11) is 0. The highest BCUT2D eigenvalue weighted by Gasteiger charge is 2.08. The van der Waals surface area contributed by atoms with E-state index in [9.17, 15) is 0 Å². The molecule has 0 aliphatic heterocycles. The van der Waals surface area contributed by atoms with Crippen LogP contribution in [-0.4, -0.2) is 21.3 Å². The van der Waals surface area contributed by atoms with Crippen molar-refractivity contribution in [2.24, 2.45) is 5.73 Å². The quantitative estimate of drug-likeness (QED) is 0.594. The van der Waals surface area contributed by atoms with E-state index in [2.05, 4.69) is 10.9 Å². The summed E-state index contributed by atoms with van der Waals surface area (Å²) in [6.07, 6.45) is 8.34. The lowest BCUT2D eigenvalue weighted by molar-refractivity contribution is 0.263. The number of hydrogen-bond acceptors (Lipinski definition) is 3. The van der Waals surface area contributed by atoms with Crippen molar-refractivity contribution < 1.29 is 5.11 Å². The second-order valence-corrected chi connectivity index (χ2v) is 2.44. The van der Waals surface area contributed by atoms with Gasteiger partial charge in [-0.1, -0.05) is 5.92 Å². The van der Waals surface area contributed by atoms with Crippen molar-refractivity contribution in [3.05, 3.63) is 18.2 Å². The first-order valence-electron chi connectivity index (χ1n) is 3.59. The third kappa shape index (κ3) is 1.64. The van der Waals surface area contributed by atoms with Crippen LogP contribution < -0.4 is 5.73 Å². The standard InChI is InChI=1S/C8H11N3O/c1-2-3-11-6-10-4-8(11)7(9)5-12/h1,4,6-7,12H,3,5,9H2. The molecule has 4 heteroatoms. The van der Waals surface area contributed by atoms with Crippen LogP contribution in [0, 0.1) is 12.3 Å². The van der Waals surface area contributed by atoms with E-state index >= 15 is 0 Å². The van der Waals surface area contributed by atoms with Crippen LogP contribution in [0.15, 0.2) is 12.5 Å². The summed E-state index contributed by atoms with van der Waals surface area (Å²) in [5, 5.41) is 8.78. The molecule has 1 aromatic rings. The first-order valence-corrected chi connectivity index (χ1v) is 3.59. The van der Waals surface area contributed by atoms with Crippen LogP contribution in [0.3, 0.4) is 0 Å². The molecule has 0 fully saturated rings. The number of aromatic nitrogens is 2. The number of nitrogens with zero attached hydrogens (tertiary/aromatic N) is 2. The van der Waals surface area contributed by atoms with E-state index in [0.29, 0.717) is 6.54 Å². The fourth-order valence-corrected chi connectivity index (χ4v) is 0.964. The zero-order chi connectivity index (χ0) is 8.97. The van der Waals surface area contributed by atoms with Gasteiger partial charge in [0.1, 0.15) is 0 Å². The zero-order valence-corrected chi connectivity index (χ0v) is 6.64. The molecular formula is C8H11N3O. The lowest BCUT2D eigenvalue weighted by atomic mass is 10.2. The smallest absolute Gasteiger partial charge is 0.0957 e. The number of rotatable bonds is 3. The molecular weight excluding hydrogens is 154 g/mol. The molecule has 64 valence electrons. The summed E-state index contributed by atoms with van der Waals surface area (Å²) in [5.41, 5.74) is 6.35. The van der Waals surface area contributed by atoms with Gasteiger partial charge in [-0.2, -0.15) is 0 Å². The van der Waals surface area contributed by atoms with Crippen LogP contribution in [0.2, 0.25) is 0 Å². The molecule has 0 aliphatic carbocycles. The third-order valence-corrected chi connectivity index (χ3v) is 1.58. The number of aliphatic hydroxyl groups excluding tert-OH is 1. The fourth-order valence-electron chi connectivity index (χ4n) is 0.964. The van der Waals surface area contributed by atoms with Gasteiger partial charge in [-0.3, -0.25) is 0 Å². The summed E-state index contributed by atoms with van der Waals surface area (Å²) in [5.74, 6) is 2.48. The minimum atomic E-state index is -0.402. The Morgan fingerprint density at radius 3 is 3.17 bits per heavy atom. The maximum absolute atomic E-state index is 8.78. The van der Waals surface area contributed by atoms with E-state index < -0.39 is 6.04 Å². The summed E-state index contributed by atoms with van der Waals surface area (Å²) in [6.45, 7) is 0.333. The second-order valence-electron chi connectivity index (χ2n) is 2.44. The molecule has 0 aromatic carbocycles. The molecule has 0 radical (unpaired) electrons. The molecule has 1 unspecified atom stereocenters. The SMILES string of the molecule is C#CCn1cncc1C(N)CO. The predicted molar refractivity (Wildman–Crippen MR) is 45.1 cm³/mol. The van der Waals surface area contributed by atoms with Gasteiger partial charge >= 0.3 is 0 Å². The molecule has 12 heavy (non-hydrogen) atoms. The maximum Gasteiger partial charge on any atom is 0.0957 e. The van der Waals surface area contributed by atoms with Crippen LogP contribution in [0.25, 0.3) is 0 Å². The van der Waals surface area contributed by atoms with Gasteiger partial charge in [-0.15, -0.1) is 6.42 Å². The molecule has 1 atom stereocenters. The van der Waals surface area contributed by atoms with E-state index in [0.717, 1.165) is 5.69 Å². The Hall–Kier alpha value is -1.31. The normalized spacial score (nSPS) is 12.4. The van der Waals surface area contributed by atoms with Crippen LogP contribution in [0.1, 0.15) is 11.7 Å². The lowest BCUT2D eigenvalue weighted by Gasteiger charge is -2.09. The number of nitrogens with two attached hydrogens (primary N) is 1. The van der Waals surface area contributed by atoms with E-state index in [1.807, 2.05) is 0 Å². The minimum absolute atomic E-state index is 0.101. The van der Waals surface area contributed by atoms with Crippen molar-refractivity contribution in [3.63, 3.8) is 0 Å². The Morgan fingerprint density at radius 2 is 2.58 bits per heavy atom. The number of aliphatic hydroxyl groups is 1. The molecule has 1 heterocycles. The third-order valence-electron chi connectivity index (χ3n) is 1.58. The highest BCUT2D eigenvalue weighted by molar-refractivity contribution is 5.06. The maximum atomic E-state index is 8.78. The van der Waals surface area contributed by atoms with Gasteiger partial charge in [0.25, 0.3) is 0 Å². The van der Waals surface area contributed by atoms with E-state index in [1.54, 1.807) is 17.1 Å². The Labute approximate surface area is 71.0 Å².